The molecule has 2 rings (SSSR count). The van der Waals surface area contributed by atoms with Crippen LogP contribution in [0.5, 0.6) is 0 Å². The van der Waals surface area contributed by atoms with Gasteiger partial charge in [-0.25, -0.2) is 4.79 Å². The number of carbonyl (C=O) groups is 2. The molecule has 0 radical (unpaired) electrons. The Balaban J connectivity index is 2.14. The molecule has 0 atom stereocenters. The van der Waals surface area contributed by atoms with E-state index < -0.39 is 5.97 Å². The van der Waals surface area contributed by atoms with Crippen LogP contribution in [0.1, 0.15) is 28.0 Å². The number of hydrogen-bond donors (Lipinski definition) is 2. The van der Waals surface area contributed by atoms with Gasteiger partial charge in [-0.3, -0.25) is 9.78 Å². The summed E-state index contributed by atoms with van der Waals surface area (Å²) in [7, 11) is 0. The summed E-state index contributed by atoms with van der Waals surface area (Å²) in [5.41, 5.74) is 0.307. The first-order valence-corrected chi connectivity index (χ1v) is 6.67. The molecule has 1 amide bonds. The number of amides is 1. The molecule has 7 heteroatoms. The van der Waals surface area contributed by atoms with Crippen molar-refractivity contribution in [1.29, 1.82) is 0 Å². The van der Waals surface area contributed by atoms with Crippen molar-refractivity contribution in [3.63, 3.8) is 0 Å². The second-order valence-electron chi connectivity index (χ2n) is 3.76. The number of carboxylic acid groups (broad SMARTS) is 1. The van der Waals surface area contributed by atoms with Crippen LogP contribution in [0.2, 0.25) is 0 Å². The fourth-order valence-corrected chi connectivity index (χ4v) is 2.26. The predicted octanol–water partition coefficient (Wildman–Crippen LogP) is 2.27. The van der Waals surface area contributed by atoms with E-state index in [-0.39, 0.29) is 11.7 Å². The van der Waals surface area contributed by atoms with Gasteiger partial charge in [0.05, 0.1) is 0 Å². The van der Waals surface area contributed by atoms with Crippen LogP contribution in [0.25, 0.3) is 0 Å². The lowest BCUT2D eigenvalue weighted by atomic mass is 10.3. The summed E-state index contributed by atoms with van der Waals surface area (Å²) >= 11 is 1.23. The maximum Gasteiger partial charge on any atom is 0.371 e. The fraction of sp³-hybridized carbons (Fsp3) is 0.154. The number of carboxylic acids is 1. The standard InChI is InChI=1S/C13H12N2O4S/c1-2-14-12(16)9-7-8(5-6-15-9)20-11-4-3-10(19-11)13(17)18/h3-7H,2H2,1H3,(H,14,16)(H,17,18). The van der Waals surface area contributed by atoms with E-state index in [1.165, 1.54) is 24.0 Å². The van der Waals surface area contributed by atoms with Gasteiger partial charge in [-0.2, -0.15) is 0 Å². The Labute approximate surface area is 119 Å². The van der Waals surface area contributed by atoms with Crippen molar-refractivity contribution in [2.24, 2.45) is 0 Å². The molecule has 0 saturated carbocycles. The molecule has 0 aliphatic rings. The topological polar surface area (TPSA) is 92.4 Å². The summed E-state index contributed by atoms with van der Waals surface area (Å²) in [4.78, 5) is 27.1. The lowest BCUT2D eigenvalue weighted by molar-refractivity contribution is 0.0656. The molecule has 0 unspecified atom stereocenters. The molecule has 2 aromatic rings. The Morgan fingerprint density at radius 3 is 2.85 bits per heavy atom. The Morgan fingerprint density at radius 2 is 2.20 bits per heavy atom. The van der Waals surface area contributed by atoms with Gasteiger partial charge < -0.3 is 14.8 Å². The fourth-order valence-electron chi connectivity index (χ4n) is 1.46. The van der Waals surface area contributed by atoms with E-state index >= 15 is 0 Å². The molecular formula is C13H12N2O4S. The first-order valence-electron chi connectivity index (χ1n) is 5.85. The molecule has 0 aromatic carbocycles. The first-order chi connectivity index (χ1) is 9.60. The van der Waals surface area contributed by atoms with Crippen molar-refractivity contribution in [3.8, 4) is 0 Å². The van der Waals surface area contributed by atoms with Gasteiger partial charge in [0.15, 0.2) is 5.09 Å². The highest BCUT2D eigenvalue weighted by Gasteiger charge is 2.11. The third kappa shape index (κ3) is 3.39. The highest BCUT2D eigenvalue weighted by Crippen LogP contribution is 2.29. The molecule has 2 N–H and O–H groups in total. The van der Waals surface area contributed by atoms with Gasteiger partial charge in [-0.1, -0.05) is 11.8 Å². The molecule has 0 fully saturated rings. The van der Waals surface area contributed by atoms with Crippen LogP contribution < -0.4 is 5.32 Å². The van der Waals surface area contributed by atoms with Crippen molar-refractivity contribution >= 4 is 23.6 Å². The zero-order valence-corrected chi connectivity index (χ0v) is 11.4. The van der Waals surface area contributed by atoms with Gasteiger partial charge in [-0.15, -0.1) is 0 Å². The second kappa shape index (κ2) is 6.25. The van der Waals surface area contributed by atoms with Crippen molar-refractivity contribution in [3.05, 3.63) is 41.9 Å². The third-order valence-electron chi connectivity index (χ3n) is 2.31. The molecule has 0 aliphatic carbocycles. The average molecular weight is 292 g/mol. The smallest absolute Gasteiger partial charge is 0.371 e. The number of nitrogens with one attached hydrogen (secondary N) is 1. The van der Waals surface area contributed by atoms with Crippen LogP contribution in [0.4, 0.5) is 0 Å². The first kappa shape index (κ1) is 14.1. The molecule has 0 saturated heterocycles. The minimum atomic E-state index is -1.12. The largest absolute Gasteiger partial charge is 0.475 e. The minimum absolute atomic E-state index is 0.120. The molecule has 0 bridgehead atoms. The van der Waals surface area contributed by atoms with Gasteiger partial charge in [0.2, 0.25) is 5.76 Å². The summed E-state index contributed by atoms with van der Waals surface area (Å²) < 4.78 is 5.14. The number of carbonyl (C=O) groups excluding carboxylic acids is 1. The number of aromatic carboxylic acids is 1. The summed E-state index contributed by atoms with van der Waals surface area (Å²) in [6, 6.07) is 6.30. The number of pyridine rings is 1. The minimum Gasteiger partial charge on any atom is -0.475 e. The molecule has 2 heterocycles. The maximum absolute atomic E-state index is 11.7. The average Bonchev–Trinajstić information content (AvgIpc) is 2.88. The number of aromatic nitrogens is 1. The summed E-state index contributed by atoms with van der Waals surface area (Å²) in [5.74, 6) is -1.49. The third-order valence-corrected chi connectivity index (χ3v) is 3.22. The summed E-state index contributed by atoms with van der Waals surface area (Å²) in [6.45, 7) is 2.35. The number of rotatable bonds is 5. The van der Waals surface area contributed by atoms with E-state index in [4.69, 9.17) is 9.52 Å². The van der Waals surface area contributed by atoms with E-state index in [1.54, 1.807) is 18.2 Å². The molecule has 2 aromatic heterocycles. The zero-order valence-electron chi connectivity index (χ0n) is 10.6. The van der Waals surface area contributed by atoms with Crippen LogP contribution >= 0.6 is 11.8 Å². The van der Waals surface area contributed by atoms with E-state index in [1.807, 2.05) is 6.92 Å². The highest BCUT2D eigenvalue weighted by molar-refractivity contribution is 7.99. The van der Waals surface area contributed by atoms with Gasteiger partial charge in [0, 0.05) is 17.6 Å². The van der Waals surface area contributed by atoms with Crippen LogP contribution in [-0.2, 0) is 0 Å². The SMILES string of the molecule is CCNC(=O)c1cc(Sc2ccc(C(=O)O)o2)ccn1. The quantitative estimate of drug-likeness (QED) is 0.878. The summed E-state index contributed by atoms with van der Waals surface area (Å²) in [5, 5.41) is 11.9. The maximum atomic E-state index is 11.7. The van der Waals surface area contributed by atoms with Crippen LogP contribution in [0.15, 0.2) is 44.9 Å². The molecule has 20 heavy (non-hydrogen) atoms. The van der Waals surface area contributed by atoms with Gasteiger partial charge in [-0.05, 0) is 31.2 Å². The number of hydrogen-bond acceptors (Lipinski definition) is 5. The van der Waals surface area contributed by atoms with Gasteiger partial charge >= 0.3 is 5.97 Å². The number of furan rings is 1. The molecule has 0 aliphatic heterocycles. The van der Waals surface area contributed by atoms with Crippen molar-refractivity contribution in [2.45, 2.75) is 16.9 Å². The Hall–Kier alpha value is -2.28. The molecule has 0 spiro atoms. The van der Waals surface area contributed by atoms with Crippen molar-refractivity contribution in [1.82, 2.24) is 10.3 Å². The lowest BCUT2D eigenvalue weighted by Crippen LogP contribution is -2.23. The van der Waals surface area contributed by atoms with E-state index in [2.05, 4.69) is 10.3 Å². The lowest BCUT2D eigenvalue weighted by Gasteiger charge is -2.03. The molecule has 104 valence electrons. The Kier molecular flexibility index (Phi) is 4.41. The Bertz CT molecular complexity index is 639. The van der Waals surface area contributed by atoms with Crippen LogP contribution in [-0.4, -0.2) is 28.5 Å². The van der Waals surface area contributed by atoms with Crippen LogP contribution in [0, 0.1) is 0 Å². The number of nitrogens with zero attached hydrogens (tertiary/aromatic N) is 1. The second-order valence-corrected chi connectivity index (χ2v) is 4.84. The summed E-state index contributed by atoms with van der Waals surface area (Å²) in [6.07, 6.45) is 1.52. The monoisotopic (exact) mass is 292 g/mol. The van der Waals surface area contributed by atoms with E-state index in [0.29, 0.717) is 17.3 Å². The van der Waals surface area contributed by atoms with E-state index in [9.17, 15) is 9.59 Å². The van der Waals surface area contributed by atoms with Crippen LogP contribution in [0.3, 0.4) is 0 Å². The van der Waals surface area contributed by atoms with Crippen molar-refractivity contribution in [2.75, 3.05) is 6.54 Å². The normalized spacial score (nSPS) is 10.2. The van der Waals surface area contributed by atoms with Gasteiger partial charge in [0.25, 0.3) is 5.91 Å². The predicted molar refractivity (Wildman–Crippen MR) is 72.0 cm³/mol. The Morgan fingerprint density at radius 1 is 1.40 bits per heavy atom. The molecule has 6 nitrogen and oxygen atoms in total. The zero-order chi connectivity index (χ0) is 14.5. The molecular weight excluding hydrogens is 280 g/mol. The van der Waals surface area contributed by atoms with Gasteiger partial charge in [0.1, 0.15) is 5.69 Å². The van der Waals surface area contributed by atoms with Crippen molar-refractivity contribution < 1.29 is 19.1 Å². The van der Waals surface area contributed by atoms with E-state index in [0.717, 1.165) is 4.90 Å². The highest BCUT2D eigenvalue weighted by atomic mass is 32.2.